The highest BCUT2D eigenvalue weighted by atomic mass is 16.7. The zero-order valence-corrected chi connectivity index (χ0v) is 48.7. The molecule has 8 atom stereocenters. The molecule has 1 aliphatic rings. The van der Waals surface area contributed by atoms with Crippen molar-refractivity contribution in [3.63, 3.8) is 0 Å². The number of hydrogen-bond acceptors (Lipinski definition) is 10. The number of unbranched alkanes of at least 4 members (excludes halogenated alkanes) is 36. The topological polar surface area (TPSA) is 175 Å². The first-order valence-electron chi connectivity index (χ1n) is 31.8. The van der Waals surface area contributed by atoms with Crippen LogP contribution in [0, 0.1) is 0 Å². The SMILES string of the molecule is CC/C=C/C/C=C/CCCCCCCCC(O)C(=O)NC(COC1OC(CO)C(O)C(O)C1OC(=O)CCCCCCCCCCCCCCCCCCCCCCC)C(O)/C=C/CCCCCCCCCCCC. The predicted molar refractivity (Wildman–Crippen MR) is 311 cm³/mol. The monoisotopic (exact) mass is 1060 g/mol. The van der Waals surface area contributed by atoms with E-state index in [9.17, 15) is 35.1 Å². The van der Waals surface area contributed by atoms with Gasteiger partial charge in [-0.3, -0.25) is 9.59 Å². The summed E-state index contributed by atoms with van der Waals surface area (Å²) in [6.07, 6.45) is 51.9. The molecule has 1 fully saturated rings. The molecule has 11 nitrogen and oxygen atoms in total. The lowest BCUT2D eigenvalue weighted by atomic mass is 9.99. The maximum Gasteiger partial charge on any atom is 0.306 e. The molecule has 1 rings (SSSR count). The minimum absolute atomic E-state index is 0.128. The average Bonchev–Trinajstić information content (AvgIpc) is 3.41. The summed E-state index contributed by atoms with van der Waals surface area (Å²) in [6.45, 7) is 5.70. The summed E-state index contributed by atoms with van der Waals surface area (Å²) in [4.78, 5) is 26.5. The summed E-state index contributed by atoms with van der Waals surface area (Å²) in [5.41, 5.74) is 0. The lowest BCUT2D eigenvalue weighted by Crippen LogP contribution is -2.61. The van der Waals surface area contributed by atoms with Gasteiger partial charge in [-0.15, -0.1) is 0 Å². The van der Waals surface area contributed by atoms with E-state index < -0.39 is 67.4 Å². The second-order valence-corrected chi connectivity index (χ2v) is 22.1. The minimum atomic E-state index is -1.61. The fraction of sp³-hybridized carbons (Fsp3) is 0.875. The first kappa shape index (κ1) is 70.9. The highest BCUT2D eigenvalue weighted by Gasteiger charge is 2.47. The Labute approximate surface area is 460 Å². The van der Waals surface area contributed by atoms with Crippen molar-refractivity contribution in [3.8, 4) is 0 Å². The molecule has 75 heavy (non-hydrogen) atoms. The van der Waals surface area contributed by atoms with Crippen LogP contribution in [-0.4, -0.2) is 99.6 Å². The van der Waals surface area contributed by atoms with Gasteiger partial charge in [0, 0.05) is 6.42 Å². The van der Waals surface area contributed by atoms with Gasteiger partial charge in [-0.05, 0) is 51.4 Å². The Morgan fingerprint density at radius 2 is 0.960 bits per heavy atom. The molecule has 11 heteroatoms. The van der Waals surface area contributed by atoms with Crippen molar-refractivity contribution in [2.75, 3.05) is 13.2 Å². The largest absolute Gasteiger partial charge is 0.454 e. The van der Waals surface area contributed by atoms with Crippen LogP contribution in [0.5, 0.6) is 0 Å². The Morgan fingerprint density at radius 1 is 0.533 bits per heavy atom. The summed E-state index contributed by atoms with van der Waals surface area (Å²) in [7, 11) is 0. The van der Waals surface area contributed by atoms with Gasteiger partial charge in [-0.2, -0.15) is 0 Å². The van der Waals surface area contributed by atoms with Crippen LogP contribution >= 0.6 is 0 Å². The Kier molecular flexibility index (Phi) is 49.7. The molecule has 1 saturated heterocycles. The number of carbonyl (C=O) groups excluding carboxylic acids is 2. The van der Waals surface area contributed by atoms with Gasteiger partial charge >= 0.3 is 5.97 Å². The van der Waals surface area contributed by atoms with Crippen LogP contribution in [0.25, 0.3) is 0 Å². The molecule has 0 aromatic carbocycles. The fourth-order valence-electron chi connectivity index (χ4n) is 10.0. The second-order valence-electron chi connectivity index (χ2n) is 22.1. The zero-order chi connectivity index (χ0) is 54.7. The summed E-state index contributed by atoms with van der Waals surface area (Å²) in [5.74, 6) is -1.19. The molecule has 0 radical (unpaired) electrons. The number of hydrogen-bond donors (Lipinski definition) is 6. The summed E-state index contributed by atoms with van der Waals surface area (Å²) in [5, 5.41) is 56.9. The van der Waals surface area contributed by atoms with E-state index in [2.05, 4.69) is 50.4 Å². The van der Waals surface area contributed by atoms with Gasteiger partial charge in [-0.25, -0.2) is 0 Å². The molecule has 0 aromatic heterocycles. The average molecular weight is 1060 g/mol. The Balaban J connectivity index is 2.62. The van der Waals surface area contributed by atoms with Crippen LogP contribution in [0.3, 0.4) is 0 Å². The summed E-state index contributed by atoms with van der Waals surface area (Å²) >= 11 is 0. The van der Waals surface area contributed by atoms with Crippen LogP contribution in [0.4, 0.5) is 0 Å². The van der Waals surface area contributed by atoms with E-state index in [0.717, 1.165) is 89.9 Å². The minimum Gasteiger partial charge on any atom is -0.454 e. The standard InChI is InChI=1S/C64H119NO10/c1-4-7-10-13-16-19-22-25-26-27-28-29-30-31-32-34-37-40-43-46-49-52-59(69)75-62-61(71)60(70)58(53-66)74-64(62)73-54-55(56(67)50-47-44-41-38-35-24-21-18-15-12-9-6-3)65-63(72)57(68)51-48-45-42-39-36-33-23-20-17-14-11-8-5-2/h8,11,17,20,47,50,55-58,60-62,64,66-68,70-71H,4-7,9-10,12-16,18-19,21-46,48-49,51-54H2,1-3H3,(H,65,72)/b11-8+,20-17+,50-47+. The van der Waals surface area contributed by atoms with Gasteiger partial charge in [0.25, 0.3) is 0 Å². The molecule has 8 unspecified atom stereocenters. The van der Waals surface area contributed by atoms with Crippen molar-refractivity contribution in [3.05, 3.63) is 36.5 Å². The Hall–Kier alpha value is -2.12. The van der Waals surface area contributed by atoms with E-state index in [1.54, 1.807) is 6.08 Å². The van der Waals surface area contributed by atoms with Gasteiger partial charge in [0.2, 0.25) is 5.91 Å². The van der Waals surface area contributed by atoms with Crippen molar-refractivity contribution in [2.45, 2.75) is 346 Å². The number of rotatable bonds is 54. The molecule has 0 bridgehead atoms. The maximum atomic E-state index is 13.4. The molecule has 1 aliphatic heterocycles. The van der Waals surface area contributed by atoms with Crippen LogP contribution in [-0.2, 0) is 23.8 Å². The maximum absolute atomic E-state index is 13.4. The molecule has 0 aromatic rings. The number of amides is 1. The summed E-state index contributed by atoms with van der Waals surface area (Å²) in [6, 6.07) is -1.02. The first-order chi connectivity index (χ1) is 36.7. The molecule has 440 valence electrons. The predicted octanol–water partition coefficient (Wildman–Crippen LogP) is 15.1. The highest BCUT2D eigenvalue weighted by molar-refractivity contribution is 5.80. The second kappa shape index (κ2) is 52.6. The van der Waals surface area contributed by atoms with Crippen molar-refractivity contribution < 1.29 is 49.3 Å². The van der Waals surface area contributed by atoms with E-state index in [1.807, 2.05) is 6.08 Å². The molecule has 0 saturated carbocycles. The Bertz CT molecular complexity index is 1360. The number of nitrogens with one attached hydrogen (secondary N) is 1. The number of esters is 1. The van der Waals surface area contributed by atoms with E-state index in [4.69, 9.17) is 14.2 Å². The normalized spacial score (nSPS) is 19.4. The van der Waals surface area contributed by atoms with Gasteiger partial charge < -0.3 is 45.1 Å². The van der Waals surface area contributed by atoms with Crippen LogP contribution < -0.4 is 5.32 Å². The third kappa shape index (κ3) is 40.7. The first-order valence-corrected chi connectivity index (χ1v) is 31.8. The van der Waals surface area contributed by atoms with E-state index >= 15 is 0 Å². The van der Waals surface area contributed by atoms with Crippen molar-refractivity contribution >= 4 is 11.9 Å². The van der Waals surface area contributed by atoms with Crippen molar-refractivity contribution in [1.29, 1.82) is 0 Å². The number of carbonyl (C=O) groups is 2. The van der Waals surface area contributed by atoms with Crippen molar-refractivity contribution in [2.24, 2.45) is 0 Å². The number of ether oxygens (including phenoxy) is 3. The quantitative estimate of drug-likeness (QED) is 0.0195. The van der Waals surface area contributed by atoms with Crippen LogP contribution in [0.1, 0.15) is 297 Å². The number of aliphatic hydroxyl groups is 5. The molecule has 6 N–H and O–H groups in total. The lowest BCUT2D eigenvalue weighted by molar-refractivity contribution is -0.305. The van der Waals surface area contributed by atoms with Gasteiger partial charge in [0.1, 0.15) is 24.4 Å². The molecule has 1 amide bonds. The smallest absolute Gasteiger partial charge is 0.306 e. The molecular formula is C64H119NO10. The van der Waals surface area contributed by atoms with Gasteiger partial charge in [0.15, 0.2) is 12.4 Å². The van der Waals surface area contributed by atoms with E-state index in [1.165, 1.54) is 161 Å². The highest BCUT2D eigenvalue weighted by Crippen LogP contribution is 2.26. The van der Waals surface area contributed by atoms with E-state index in [-0.39, 0.29) is 19.4 Å². The third-order valence-corrected chi connectivity index (χ3v) is 15.1. The summed E-state index contributed by atoms with van der Waals surface area (Å²) < 4.78 is 17.6. The zero-order valence-electron chi connectivity index (χ0n) is 48.7. The molecule has 0 spiro atoms. The third-order valence-electron chi connectivity index (χ3n) is 15.1. The lowest BCUT2D eigenvalue weighted by Gasteiger charge is -2.41. The molecular weight excluding hydrogens is 943 g/mol. The van der Waals surface area contributed by atoms with Crippen LogP contribution in [0.2, 0.25) is 0 Å². The Morgan fingerprint density at radius 3 is 1.43 bits per heavy atom. The fourth-order valence-corrected chi connectivity index (χ4v) is 10.0. The van der Waals surface area contributed by atoms with E-state index in [0.29, 0.717) is 12.8 Å². The molecule has 1 heterocycles. The number of allylic oxidation sites excluding steroid dienone is 5. The van der Waals surface area contributed by atoms with Crippen molar-refractivity contribution in [1.82, 2.24) is 5.32 Å². The van der Waals surface area contributed by atoms with Crippen LogP contribution in [0.15, 0.2) is 36.5 Å². The van der Waals surface area contributed by atoms with Gasteiger partial charge in [0.05, 0.1) is 25.4 Å². The molecule has 0 aliphatic carbocycles. The van der Waals surface area contributed by atoms with Gasteiger partial charge in [-0.1, -0.05) is 276 Å². The number of aliphatic hydroxyl groups excluding tert-OH is 5.